The number of amides is 2. The van der Waals surface area contributed by atoms with Crippen molar-refractivity contribution in [1.82, 2.24) is 0 Å². The van der Waals surface area contributed by atoms with E-state index in [1.807, 2.05) is 37.3 Å². The third-order valence-electron chi connectivity index (χ3n) is 3.98. The Balaban J connectivity index is 1.64. The minimum atomic E-state index is -0.347. The monoisotopic (exact) mass is 438 g/mol. The van der Waals surface area contributed by atoms with Gasteiger partial charge in [-0.1, -0.05) is 46.3 Å². The van der Waals surface area contributed by atoms with E-state index >= 15 is 0 Å². The van der Waals surface area contributed by atoms with Gasteiger partial charge in [-0.2, -0.15) is 0 Å². The molecule has 5 nitrogen and oxygen atoms in total. The van der Waals surface area contributed by atoms with Crippen molar-refractivity contribution in [1.29, 1.82) is 0 Å². The first kappa shape index (κ1) is 19.6. The lowest BCUT2D eigenvalue weighted by molar-refractivity contribution is -0.118. The molecule has 3 aromatic carbocycles. The summed E-state index contributed by atoms with van der Waals surface area (Å²) in [5.74, 6) is -0.0435. The molecule has 142 valence electrons. The predicted molar refractivity (Wildman–Crippen MR) is 114 cm³/mol. The quantitative estimate of drug-likeness (QED) is 0.567. The molecule has 6 heteroatoms. The number of halogens is 1. The molecule has 0 atom stereocenters. The van der Waals surface area contributed by atoms with Gasteiger partial charge < -0.3 is 15.4 Å². The zero-order valence-electron chi connectivity index (χ0n) is 15.2. The smallest absolute Gasteiger partial charge is 0.262 e. The number of para-hydroxylation sites is 2. The van der Waals surface area contributed by atoms with Crippen LogP contribution in [0.2, 0.25) is 0 Å². The number of aryl methyl sites for hydroxylation is 1. The average Bonchev–Trinajstić information content (AvgIpc) is 2.70. The summed E-state index contributed by atoms with van der Waals surface area (Å²) in [4.78, 5) is 24.9. The molecule has 2 amide bonds. The molecule has 0 aliphatic heterocycles. The standard InChI is InChI=1S/C22H19BrN2O3/c1-15-13-17(11-12-19(15)23)28-14-21(26)25-20-10-6-5-9-18(20)22(27)24-16-7-3-2-4-8-16/h2-13H,14H2,1H3,(H,24,27)(H,25,26). The minimum absolute atomic E-state index is 0.157. The Bertz CT molecular complexity index is 990. The highest BCUT2D eigenvalue weighted by atomic mass is 79.9. The summed E-state index contributed by atoms with van der Waals surface area (Å²) in [6, 6.07) is 21.5. The van der Waals surface area contributed by atoms with Gasteiger partial charge in [0.1, 0.15) is 5.75 Å². The average molecular weight is 439 g/mol. The molecular weight excluding hydrogens is 420 g/mol. The van der Waals surface area contributed by atoms with Crippen molar-refractivity contribution < 1.29 is 14.3 Å². The van der Waals surface area contributed by atoms with Crippen LogP contribution < -0.4 is 15.4 Å². The Morgan fingerprint density at radius 3 is 2.39 bits per heavy atom. The van der Waals surface area contributed by atoms with E-state index in [1.165, 1.54) is 0 Å². The van der Waals surface area contributed by atoms with E-state index in [-0.39, 0.29) is 18.4 Å². The topological polar surface area (TPSA) is 67.4 Å². The predicted octanol–water partition coefficient (Wildman–Crippen LogP) is 5.03. The maximum absolute atomic E-state index is 12.6. The zero-order chi connectivity index (χ0) is 19.9. The van der Waals surface area contributed by atoms with Crippen molar-refractivity contribution in [2.75, 3.05) is 17.2 Å². The second-order valence-electron chi connectivity index (χ2n) is 6.11. The fourth-order valence-electron chi connectivity index (χ4n) is 2.55. The third-order valence-corrected chi connectivity index (χ3v) is 4.87. The normalized spacial score (nSPS) is 10.2. The van der Waals surface area contributed by atoms with Gasteiger partial charge in [0.05, 0.1) is 11.3 Å². The van der Waals surface area contributed by atoms with Crippen LogP contribution in [0.1, 0.15) is 15.9 Å². The maximum Gasteiger partial charge on any atom is 0.262 e. The molecule has 0 aliphatic rings. The van der Waals surface area contributed by atoms with Crippen LogP contribution in [0.4, 0.5) is 11.4 Å². The van der Waals surface area contributed by atoms with Gasteiger partial charge in [0.2, 0.25) is 0 Å². The van der Waals surface area contributed by atoms with Crippen LogP contribution in [0.15, 0.2) is 77.3 Å². The van der Waals surface area contributed by atoms with E-state index in [0.717, 1.165) is 10.0 Å². The molecule has 0 fully saturated rings. The summed E-state index contributed by atoms with van der Waals surface area (Å²) < 4.78 is 6.51. The molecule has 3 aromatic rings. The molecule has 0 bridgehead atoms. The van der Waals surface area contributed by atoms with Crippen molar-refractivity contribution in [3.05, 3.63) is 88.4 Å². The number of ether oxygens (including phenoxy) is 1. The summed E-state index contributed by atoms with van der Waals surface area (Å²) in [7, 11) is 0. The number of anilines is 2. The first-order chi connectivity index (χ1) is 13.5. The van der Waals surface area contributed by atoms with E-state index in [0.29, 0.717) is 22.7 Å². The Kier molecular flexibility index (Phi) is 6.45. The Morgan fingerprint density at radius 2 is 1.64 bits per heavy atom. The number of nitrogens with one attached hydrogen (secondary N) is 2. The zero-order valence-corrected chi connectivity index (χ0v) is 16.8. The molecule has 3 rings (SSSR count). The van der Waals surface area contributed by atoms with Gasteiger partial charge in [-0.05, 0) is 55.0 Å². The summed E-state index contributed by atoms with van der Waals surface area (Å²) in [5.41, 5.74) is 2.50. The Morgan fingerprint density at radius 1 is 0.929 bits per heavy atom. The highest BCUT2D eigenvalue weighted by molar-refractivity contribution is 9.10. The van der Waals surface area contributed by atoms with E-state index in [1.54, 1.807) is 42.5 Å². The highest BCUT2D eigenvalue weighted by Gasteiger charge is 2.14. The number of hydrogen-bond acceptors (Lipinski definition) is 3. The lowest BCUT2D eigenvalue weighted by Crippen LogP contribution is -2.22. The van der Waals surface area contributed by atoms with Crippen molar-refractivity contribution in [3.63, 3.8) is 0 Å². The van der Waals surface area contributed by atoms with Crippen LogP contribution in [-0.2, 0) is 4.79 Å². The second kappa shape index (κ2) is 9.19. The van der Waals surface area contributed by atoms with Gasteiger partial charge in [-0.3, -0.25) is 9.59 Å². The summed E-state index contributed by atoms with van der Waals surface area (Å²) >= 11 is 3.43. The van der Waals surface area contributed by atoms with Crippen molar-refractivity contribution in [3.8, 4) is 5.75 Å². The number of carbonyl (C=O) groups is 2. The van der Waals surface area contributed by atoms with Gasteiger partial charge in [0.25, 0.3) is 11.8 Å². The van der Waals surface area contributed by atoms with Crippen molar-refractivity contribution in [2.24, 2.45) is 0 Å². The fourth-order valence-corrected chi connectivity index (χ4v) is 2.80. The molecule has 0 heterocycles. The number of carbonyl (C=O) groups excluding carboxylic acids is 2. The van der Waals surface area contributed by atoms with Gasteiger partial charge >= 0.3 is 0 Å². The molecular formula is C22H19BrN2O3. The van der Waals surface area contributed by atoms with Crippen LogP contribution in [-0.4, -0.2) is 18.4 Å². The van der Waals surface area contributed by atoms with E-state index in [4.69, 9.17) is 4.74 Å². The molecule has 0 spiro atoms. The summed E-state index contributed by atoms with van der Waals surface area (Å²) in [6.07, 6.45) is 0. The van der Waals surface area contributed by atoms with E-state index in [9.17, 15) is 9.59 Å². The van der Waals surface area contributed by atoms with Crippen LogP contribution >= 0.6 is 15.9 Å². The summed E-state index contributed by atoms with van der Waals surface area (Å²) in [5, 5.41) is 5.55. The molecule has 0 aromatic heterocycles. The largest absolute Gasteiger partial charge is 0.484 e. The van der Waals surface area contributed by atoms with Gasteiger partial charge in [0, 0.05) is 10.2 Å². The van der Waals surface area contributed by atoms with Crippen molar-refractivity contribution in [2.45, 2.75) is 6.92 Å². The number of benzene rings is 3. The van der Waals surface area contributed by atoms with E-state index in [2.05, 4.69) is 26.6 Å². The van der Waals surface area contributed by atoms with Gasteiger partial charge in [-0.25, -0.2) is 0 Å². The first-order valence-corrected chi connectivity index (χ1v) is 9.46. The van der Waals surface area contributed by atoms with Crippen LogP contribution in [0.3, 0.4) is 0 Å². The second-order valence-corrected chi connectivity index (χ2v) is 6.97. The molecule has 0 aliphatic carbocycles. The number of rotatable bonds is 6. The fraction of sp³-hybridized carbons (Fsp3) is 0.0909. The van der Waals surface area contributed by atoms with Crippen molar-refractivity contribution >= 4 is 39.1 Å². The van der Waals surface area contributed by atoms with E-state index < -0.39 is 0 Å². The van der Waals surface area contributed by atoms with Crippen LogP contribution in [0.5, 0.6) is 5.75 Å². The maximum atomic E-state index is 12.6. The number of hydrogen-bond donors (Lipinski definition) is 2. The SMILES string of the molecule is Cc1cc(OCC(=O)Nc2ccccc2C(=O)Nc2ccccc2)ccc1Br. The molecule has 0 saturated heterocycles. The molecule has 0 saturated carbocycles. The van der Waals surface area contributed by atoms with Gasteiger partial charge in [-0.15, -0.1) is 0 Å². The van der Waals surface area contributed by atoms with Gasteiger partial charge in [0.15, 0.2) is 6.61 Å². The summed E-state index contributed by atoms with van der Waals surface area (Å²) in [6.45, 7) is 1.79. The van der Waals surface area contributed by atoms with Crippen LogP contribution in [0, 0.1) is 6.92 Å². The third kappa shape index (κ3) is 5.20. The lowest BCUT2D eigenvalue weighted by atomic mass is 10.1. The molecule has 0 radical (unpaired) electrons. The highest BCUT2D eigenvalue weighted by Crippen LogP contribution is 2.22. The Labute approximate surface area is 171 Å². The molecule has 2 N–H and O–H groups in total. The minimum Gasteiger partial charge on any atom is -0.484 e. The first-order valence-electron chi connectivity index (χ1n) is 8.67. The molecule has 0 unspecified atom stereocenters. The Hall–Kier alpha value is -3.12. The molecule has 28 heavy (non-hydrogen) atoms. The van der Waals surface area contributed by atoms with Crippen LogP contribution in [0.25, 0.3) is 0 Å². The lowest BCUT2D eigenvalue weighted by Gasteiger charge is -2.12.